The second-order valence-corrected chi connectivity index (χ2v) is 11.2. The lowest BCUT2D eigenvalue weighted by Crippen LogP contribution is -2.19. The van der Waals surface area contributed by atoms with Crippen LogP contribution in [0.4, 0.5) is 22.7 Å². The van der Waals surface area contributed by atoms with Gasteiger partial charge in [-0.05, 0) is 84.0 Å². The minimum Gasteiger partial charge on any atom is -0.351 e. The lowest BCUT2D eigenvalue weighted by molar-refractivity contribution is -0.111. The topological polar surface area (TPSA) is 82.9 Å². The molecular formula is C40H26N4O2. The molecular weight excluding hydrogens is 568 g/mol. The zero-order valence-corrected chi connectivity index (χ0v) is 24.6. The second-order valence-electron chi connectivity index (χ2n) is 11.2. The molecule has 0 bridgehead atoms. The molecule has 0 spiro atoms. The average molecular weight is 595 g/mol. The van der Waals surface area contributed by atoms with Crippen molar-refractivity contribution in [2.24, 2.45) is 9.98 Å². The van der Waals surface area contributed by atoms with Gasteiger partial charge in [0.1, 0.15) is 0 Å². The Kier molecular flexibility index (Phi) is 6.65. The van der Waals surface area contributed by atoms with Crippen LogP contribution in [0.5, 0.6) is 0 Å². The van der Waals surface area contributed by atoms with Gasteiger partial charge in [-0.3, -0.25) is 9.59 Å². The van der Waals surface area contributed by atoms with Crippen LogP contribution in [0.1, 0.15) is 11.1 Å². The molecule has 0 fully saturated rings. The summed E-state index contributed by atoms with van der Waals surface area (Å²) >= 11 is 0. The standard InChI is InChI=1S/C40H26N4O2/c45-31-17-11-27(12-18-31)39-37(25-7-3-1-4-8-25)41-33-21-15-29(23-35(33)43-39)30-16-22-34-36(24-30)44-40(28-13-19-32(46)20-14-28)38(42-34)26-9-5-2-6-10-26/h1-24,43-44H. The van der Waals surface area contributed by atoms with Crippen LogP contribution in [0.25, 0.3) is 11.1 Å². The molecule has 2 heterocycles. The van der Waals surface area contributed by atoms with Crippen molar-refractivity contribution in [1.29, 1.82) is 0 Å². The number of hydrogen-bond donors (Lipinski definition) is 2. The summed E-state index contributed by atoms with van der Waals surface area (Å²) in [4.78, 5) is 33.9. The van der Waals surface area contributed by atoms with Crippen molar-refractivity contribution in [1.82, 2.24) is 0 Å². The predicted molar refractivity (Wildman–Crippen MR) is 185 cm³/mol. The molecule has 4 aliphatic rings. The number of carbonyl (C=O) groups is 2. The highest BCUT2D eigenvalue weighted by Gasteiger charge is 2.24. The van der Waals surface area contributed by atoms with Crippen molar-refractivity contribution in [3.63, 3.8) is 0 Å². The number of carbonyl (C=O) groups excluding carboxylic acids is 2. The summed E-state index contributed by atoms with van der Waals surface area (Å²) in [7, 11) is 0. The third-order valence-corrected chi connectivity index (χ3v) is 8.16. The quantitative estimate of drug-likeness (QED) is 0.250. The lowest BCUT2D eigenvalue weighted by Gasteiger charge is -2.25. The number of allylic oxidation sites excluding steroid dienone is 12. The number of hydrogen-bond acceptors (Lipinski definition) is 6. The van der Waals surface area contributed by atoms with Crippen molar-refractivity contribution in [2.45, 2.75) is 0 Å². The maximum atomic E-state index is 11.9. The van der Waals surface area contributed by atoms with Crippen molar-refractivity contribution in [3.05, 3.63) is 179 Å². The van der Waals surface area contributed by atoms with Crippen LogP contribution >= 0.6 is 0 Å². The molecule has 0 unspecified atom stereocenters. The van der Waals surface area contributed by atoms with E-state index < -0.39 is 0 Å². The summed E-state index contributed by atoms with van der Waals surface area (Å²) < 4.78 is 0. The minimum atomic E-state index is -0.0369. The van der Waals surface area contributed by atoms with Crippen molar-refractivity contribution in [2.75, 3.05) is 10.6 Å². The smallest absolute Gasteiger partial charge is 0.178 e. The van der Waals surface area contributed by atoms with E-state index >= 15 is 0 Å². The molecule has 218 valence electrons. The second kappa shape index (κ2) is 11.3. The third-order valence-electron chi connectivity index (χ3n) is 8.16. The highest BCUT2D eigenvalue weighted by Crippen LogP contribution is 2.41. The highest BCUT2D eigenvalue weighted by atomic mass is 16.1. The van der Waals surface area contributed by atoms with E-state index in [9.17, 15) is 9.59 Å². The molecule has 4 aromatic carbocycles. The van der Waals surface area contributed by atoms with Gasteiger partial charge in [0.05, 0.1) is 45.6 Å². The van der Waals surface area contributed by atoms with Gasteiger partial charge in [-0.1, -0.05) is 72.8 Å². The molecule has 4 aromatic rings. The fourth-order valence-corrected chi connectivity index (χ4v) is 5.84. The Hall–Kier alpha value is -6.40. The molecule has 2 N–H and O–H groups in total. The van der Waals surface area contributed by atoms with Gasteiger partial charge in [0.2, 0.25) is 0 Å². The van der Waals surface area contributed by atoms with E-state index in [-0.39, 0.29) is 11.6 Å². The van der Waals surface area contributed by atoms with E-state index in [1.807, 2.05) is 97.1 Å². The Balaban J connectivity index is 1.20. The average Bonchev–Trinajstić information content (AvgIpc) is 3.11. The minimum absolute atomic E-state index is 0.0369. The number of aliphatic imine (C=N–C) groups is 2. The SMILES string of the molecule is O=C1C=CC(=C2Nc3cc(-c4ccc5c(c4)NC(=C4C=CC(=O)C=C4)C(c4ccccc4)=N5)ccc3N=C2c2ccccc2)C=C1. The maximum Gasteiger partial charge on any atom is 0.178 e. The summed E-state index contributed by atoms with van der Waals surface area (Å²) in [6.45, 7) is 0. The van der Waals surface area contributed by atoms with E-state index in [4.69, 9.17) is 9.98 Å². The molecule has 0 amide bonds. The zero-order chi connectivity index (χ0) is 31.0. The summed E-state index contributed by atoms with van der Waals surface area (Å²) in [5.74, 6) is -0.0739. The number of rotatable bonds is 3. The first kappa shape index (κ1) is 27.2. The summed E-state index contributed by atoms with van der Waals surface area (Å²) in [5.41, 5.74) is 12.5. The number of fused-ring (bicyclic) bond motifs is 2. The van der Waals surface area contributed by atoms with Crippen LogP contribution in [0.2, 0.25) is 0 Å². The van der Waals surface area contributed by atoms with Crippen molar-refractivity contribution >= 4 is 45.7 Å². The number of ketones is 2. The molecule has 0 saturated carbocycles. The Morgan fingerprint density at radius 3 is 1.20 bits per heavy atom. The Morgan fingerprint density at radius 2 is 0.804 bits per heavy atom. The van der Waals surface area contributed by atoms with Gasteiger partial charge in [0.15, 0.2) is 11.6 Å². The van der Waals surface area contributed by atoms with Crippen LogP contribution in [0.15, 0.2) is 178 Å². The van der Waals surface area contributed by atoms with Gasteiger partial charge in [-0.25, -0.2) is 9.98 Å². The van der Waals surface area contributed by atoms with Crippen LogP contribution in [0, 0.1) is 0 Å². The zero-order valence-electron chi connectivity index (χ0n) is 24.6. The fourth-order valence-electron chi connectivity index (χ4n) is 5.84. The Morgan fingerprint density at radius 1 is 0.413 bits per heavy atom. The van der Waals surface area contributed by atoms with Gasteiger partial charge in [-0.2, -0.15) is 0 Å². The molecule has 46 heavy (non-hydrogen) atoms. The Bertz CT molecular complexity index is 2020. The predicted octanol–water partition coefficient (Wildman–Crippen LogP) is 8.34. The summed E-state index contributed by atoms with van der Waals surface area (Å²) in [6.07, 6.45) is 13.6. The van der Waals surface area contributed by atoms with Gasteiger partial charge >= 0.3 is 0 Å². The molecule has 0 aromatic heterocycles. The maximum absolute atomic E-state index is 11.9. The molecule has 2 aliphatic carbocycles. The van der Waals surface area contributed by atoms with E-state index in [2.05, 4.69) is 34.9 Å². The summed E-state index contributed by atoms with van der Waals surface area (Å²) in [5, 5.41) is 7.26. The fraction of sp³-hybridized carbons (Fsp3) is 0. The van der Waals surface area contributed by atoms with Crippen LogP contribution in [0.3, 0.4) is 0 Å². The number of benzene rings is 4. The van der Waals surface area contributed by atoms with Gasteiger partial charge in [0, 0.05) is 22.3 Å². The molecule has 0 saturated heterocycles. The third kappa shape index (κ3) is 5.08. The Labute approximate surface area is 265 Å². The van der Waals surface area contributed by atoms with E-state index in [0.717, 1.165) is 79.0 Å². The first-order valence-electron chi connectivity index (χ1n) is 15.0. The van der Waals surface area contributed by atoms with E-state index in [0.29, 0.717) is 0 Å². The van der Waals surface area contributed by atoms with Gasteiger partial charge in [0.25, 0.3) is 0 Å². The van der Waals surface area contributed by atoms with Crippen molar-refractivity contribution in [3.8, 4) is 11.1 Å². The van der Waals surface area contributed by atoms with Gasteiger partial charge < -0.3 is 10.6 Å². The lowest BCUT2D eigenvalue weighted by atomic mass is 9.95. The number of anilines is 2. The first-order chi connectivity index (χ1) is 22.6. The molecule has 2 aliphatic heterocycles. The summed E-state index contributed by atoms with van der Waals surface area (Å²) in [6, 6.07) is 32.5. The molecule has 0 atom stereocenters. The molecule has 8 rings (SSSR count). The highest BCUT2D eigenvalue weighted by molar-refractivity contribution is 6.20. The van der Waals surface area contributed by atoms with E-state index in [1.54, 1.807) is 24.3 Å². The van der Waals surface area contributed by atoms with Crippen LogP contribution in [-0.2, 0) is 9.59 Å². The van der Waals surface area contributed by atoms with Crippen LogP contribution in [-0.4, -0.2) is 23.0 Å². The first-order valence-corrected chi connectivity index (χ1v) is 15.0. The van der Waals surface area contributed by atoms with Crippen LogP contribution < -0.4 is 10.6 Å². The van der Waals surface area contributed by atoms with Gasteiger partial charge in [-0.15, -0.1) is 0 Å². The normalized spacial score (nSPS) is 16.4. The van der Waals surface area contributed by atoms with E-state index in [1.165, 1.54) is 0 Å². The molecule has 6 nitrogen and oxygen atoms in total. The monoisotopic (exact) mass is 594 g/mol. The molecule has 6 heteroatoms. The largest absolute Gasteiger partial charge is 0.351 e. The number of nitrogens with zero attached hydrogens (tertiary/aromatic N) is 2. The number of nitrogens with one attached hydrogen (secondary N) is 2. The molecule has 0 radical (unpaired) electrons. The van der Waals surface area contributed by atoms with Crippen molar-refractivity contribution < 1.29 is 9.59 Å².